The molecule has 2 unspecified atom stereocenters. The molecule has 0 aromatic rings. The smallest absolute Gasteiger partial charge is 0.225 e. The zero-order valence-electron chi connectivity index (χ0n) is 13.0. The quantitative estimate of drug-likeness (QED) is 0.829. The molecule has 3 nitrogen and oxygen atoms in total. The van der Waals surface area contributed by atoms with Crippen LogP contribution in [0.4, 0.5) is 0 Å². The largest absolute Gasteiger partial charge is 0.341 e. The van der Waals surface area contributed by atoms with Crippen molar-refractivity contribution in [2.45, 2.75) is 53.0 Å². The first-order chi connectivity index (χ1) is 8.97. The van der Waals surface area contributed by atoms with Gasteiger partial charge in [-0.3, -0.25) is 4.79 Å². The first-order valence-electron chi connectivity index (χ1n) is 7.99. The van der Waals surface area contributed by atoms with Crippen LogP contribution in [-0.2, 0) is 4.79 Å². The first kappa shape index (κ1) is 14.8. The molecule has 1 aliphatic heterocycles. The molecule has 0 aromatic carbocycles. The molecule has 2 fully saturated rings. The molecule has 1 N–H and O–H groups in total. The number of likely N-dealkylation sites (tertiary alicyclic amines) is 1. The van der Waals surface area contributed by atoms with Crippen LogP contribution in [0.2, 0.25) is 0 Å². The van der Waals surface area contributed by atoms with Crippen molar-refractivity contribution in [1.29, 1.82) is 0 Å². The van der Waals surface area contributed by atoms with Crippen LogP contribution in [0, 0.1) is 23.7 Å². The number of hydrogen-bond acceptors (Lipinski definition) is 2. The number of piperidine rings is 1. The minimum Gasteiger partial charge on any atom is -0.341 e. The van der Waals surface area contributed by atoms with Gasteiger partial charge in [0.25, 0.3) is 0 Å². The molecule has 19 heavy (non-hydrogen) atoms. The molecule has 0 aromatic heterocycles. The Labute approximate surface area is 118 Å². The standard InChI is InChI=1S/C16H30N2O/c1-11(2)14-7-15(17-8-13-5-6-13)10-18(9-14)16(19)12(3)4/h11-15,17H,5-10H2,1-4H3. The highest BCUT2D eigenvalue weighted by Crippen LogP contribution is 2.29. The van der Waals surface area contributed by atoms with Crippen LogP contribution in [-0.4, -0.2) is 36.5 Å². The normalized spacial score (nSPS) is 28.2. The predicted molar refractivity (Wildman–Crippen MR) is 78.9 cm³/mol. The van der Waals surface area contributed by atoms with Gasteiger partial charge in [-0.05, 0) is 43.6 Å². The summed E-state index contributed by atoms with van der Waals surface area (Å²) in [6.07, 6.45) is 4.01. The zero-order valence-corrected chi connectivity index (χ0v) is 13.0. The molecule has 3 heteroatoms. The summed E-state index contributed by atoms with van der Waals surface area (Å²) in [6, 6.07) is 0.504. The van der Waals surface area contributed by atoms with Crippen LogP contribution < -0.4 is 5.32 Å². The lowest BCUT2D eigenvalue weighted by Gasteiger charge is -2.40. The Morgan fingerprint density at radius 1 is 1.21 bits per heavy atom. The van der Waals surface area contributed by atoms with E-state index >= 15 is 0 Å². The maximum absolute atomic E-state index is 12.3. The summed E-state index contributed by atoms with van der Waals surface area (Å²) < 4.78 is 0. The minimum atomic E-state index is 0.120. The van der Waals surface area contributed by atoms with E-state index in [9.17, 15) is 4.79 Å². The van der Waals surface area contributed by atoms with Crippen molar-refractivity contribution in [3.63, 3.8) is 0 Å². The lowest BCUT2D eigenvalue weighted by Crippen LogP contribution is -2.53. The van der Waals surface area contributed by atoms with Crippen molar-refractivity contribution in [2.75, 3.05) is 19.6 Å². The molecule has 1 saturated carbocycles. The number of nitrogens with zero attached hydrogens (tertiary/aromatic N) is 1. The second kappa shape index (κ2) is 6.25. The highest BCUT2D eigenvalue weighted by Gasteiger charge is 2.33. The number of hydrogen-bond donors (Lipinski definition) is 1. The van der Waals surface area contributed by atoms with E-state index in [-0.39, 0.29) is 5.92 Å². The van der Waals surface area contributed by atoms with E-state index in [1.165, 1.54) is 19.3 Å². The molecule has 0 spiro atoms. The van der Waals surface area contributed by atoms with Crippen LogP contribution in [0.15, 0.2) is 0 Å². The van der Waals surface area contributed by atoms with Crippen LogP contribution in [0.5, 0.6) is 0 Å². The van der Waals surface area contributed by atoms with Gasteiger partial charge >= 0.3 is 0 Å². The Balaban J connectivity index is 1.92. The topological polar surface area (TPSA) is 32.3 Å². The van der Waals surface area contributed by atoms with E-state index in [2.05, 4.69) is 24.1 Å². The van der Waals surface area contributed by atoms with Crippen molar-refractivity contribution in [3.8, 4) is 0 Å². The third-order valence-corrected chi connectivity index (χ3v) is 4.62. The Morgan fingerprint density at radius 3 is 2.42 bits per heavy atom. The highest BCUT2D eigenvalue weighted by atomic mass is 16.2. The van der Waals surface area contributed by atoms with Gasteiger partial charge in [0.15, 0.2) is 0 Å². The summed E-state index contributed by atoms with van der Waals surface area (Å²) in [5, 5.41) is 3.70. The van der Waals surface area contributed by atoms with Crippen molar-refractivity contribution in [1.82, 2.24) is 10.2 Å². The molecule has 0 radical (unpaired) electrons. The zero-order chi connectivity index (χ0) is 14.0. The van der Waals surface area contributed by atoms with E-state index in [1.807, 2.05) is 13.8 Å². The van der Waals surface area contributed by atoms with Crippen LogP contribution in [0.25, 0.3) is 0 Å². The van der Waals surface area contributed by atoms with Gasteiger partial charge in [-0.2, -0.15) is 0 Å². The lowest BCUT2D eigenvalue weighted by molar-refractivity contribution is -0.137. The fraction of sp³-hybridized carbons (Fsp3) is 0.938. The minimum absolute atomic E-state index is 0.120. The first-order valence-corrected chi connectivity index (χ1v) is 7.99. The van der Waals surface area contributed by atoms with Gasteiger partial charge in [0, 0.05) is 25.0 Å². The number of nitrogens with one attached hydrogen (secondary N) is 1. The maximum Gasteiger partial charge on any atom is 0.225 e. The van der Waals surface area contributed by atoms with Crippen molar-refractivity contribution in [2.24, 2.45) is 23.7 Å². The average molecular weight is 266 g/mol. The Morgan fingerprint density at radius 2 is 1.89 bits per heavy atom. The van der Waals surface area contributed by atoms with Crippen molar-refractivity contribution in [3.05, 3.63) is 0 Å². The molecule has 0 bridgehead atoms. The van der Waals surface area contributed by atoms with E-state index in [0.29, 0.717) is 23.8 Å². The van der Waals surface area contributed by atoms with E-state index < -0.39 is 0 Å². The molecular formula is C16H30N2O. The van der Waals surface area contributed by atoms with Gasteiger partial charge in [0.1, 0.15) is 0 Å². The van der Waals surface area contributed by atoms with Crippen molar-refractivity contribution >= 4 is 5.91 Å². The third-order valence-electron chi connectivity index (χ3n) is 4.62. The molecule has 1 saturated heterocycles. The van der Waals surface area contributed by atoms with Gasteiger partial charge in [-0.25, -0.2) is 0 Å². The lowest BCUT2D eigenvalue weighted by atomic mass is 9.85. The Kier molecular flexibility index (Phi) is 4.88. The van der Waals surface area contributed by atoms with Crippen LogP contribution >= 0.6 is 0 Å². The van der Waals surface area contributed by atoms with Gasteiger partial charge in [-0.1, -0.05) is 27.7 Å². The summed E-state index contributed by atoms with van der Waals surface area (Å²) in [7, 11) is 0. The Hall–Kier alpha value is -0.570. The number of carbonyl (C=O) groups is 1. The predicted octanol–water partition coefficient (Wildman–Crippen LogP) is 2.52. The average Bonchev–Trinajstić information content (AvgIpc) is 3.18. The summed E-state index contributed by atoms with van der Waals surface area (Å²) >= 11 is 0. The summed E-state index contributed by atoms with van der Waals surface area (Å²) in [4.78, 5) is 14.4. The number of amides is 1. The van der Waals surface area contributed by atoms with Crippen molar-refractivity contribution < 1.29 is 4.79 Å². The molecule has 2 aliphatic rings. The molecule has 2 atom stereocenters. The van der Waals surface area contributed by atoms with Crippen LogP contribution in [0.1, 0.15) is 47.0 Å². The maximum atomic E-state index is 12.3. The van der Waals surface area contributed by atoms with Crippen LogP contribution in [0.3, 0.4) is 0 Å². The SMILES string of the molecule is CC(C)C(=O)N1CC(NCC2CC2)CC(C(C)C)C1. The van der Waals surface area contributed by atoms with E-state index in [0.717, 1.165) is 25.6 Å². The van der Waals surface area contributed by atoms with E-state index in [4.69, 9.17) is 0 Å². The Bertz CT molecular complexity index is 310. The van der Waals surface area contributed by atoms with E-state index in [1.54, 1.807) is 0 Å². The fourth-order valence-electron chi connectivity index (χ4n) is 2.97. The molecule has 110 valence electrons. The van der Waals surface area contributed by atoms with Gasteiger partial charge in [0.05, 0.1) is 0 Å². The molecule has 1 aliphatic carbocycles. The second-order valence-electron chi connectivity index (χ2n) is 7.19. The monoisotopic (exact) mass is 266 g/mol. The molecule has 1 heterocycles. The number of carbonyl (C=O) groups excluding carboxylic acids is 1. The molecule has 1 amide bonds. The number of rotatable bonds is 5. The summed E-state index contributed by atoms with van der Waals surface area (Å²) in [5.41, 5.74) is 0. The highest BCUT2D eigenvalue weighted by molar-refractivity contribution is 5.78. The molecular weight excluding hydrogens is 236 g/mol. The summed E-state index contributed by atoms with van der Waals surface area (Å²) in [6.45, 7) is 11.6. The van der Waals surface area contributed by atoms with Gasteiger partial charge in [0.2, 0.25) is 5.91 Å². The third kappa shape index (κ3) is 4.20. The molecule has 2 rings (SSSR count). The fourth-order valence-corrected chi connectivity index (χ4v) is 2.97. The summed E-state index contributed by atoms with van der Waals surface area (Å²) in [5.74, 6) is 2.66. The van der Waals surface area contributed by atoms with Gasteiger partial charge < -0.3 is 10.2 Å². The second-order valence-corrected chi connectivity index (χ2v) is 7.19. The van der Waals surface area contributed by atoms with Gasteiger partial charge in [-0.15, -0.1) is 0 Å².